The van der Waals surface area contributed by atoms with E-state index in [1.165, 1.54) is 0 Å². The first-order valence-electron chi connectivity index (χ1n) is 5.57. The Morgan fingerprint density at radius 3 is 2.33 bits per heavy atom. The second-order valence-corrected chi connectivity index (χ2v) is 4.02. The van der Waals surface area contributed by atoms with Crippen LogP contribution in [-0.2, 0) is 4.79 Å². The van der Waals surface area contributed by atoms with Crippen molar-refractivity contribution in [1.29, 1.82) is 0 Å². The van der Waals surface area contributed by atoms with E-state index in [0.717, 1.165) is 5.75 Å². The molecule has 0 aliphatic carbocycles. The Bertz CT molecular complexity index is 403. The lowest BCUT2D eigenvalue weighted by molar-refractivity contribution is -0.122. The number of hydrogen-bond donors (Lipinski definition) is 1. The summed E-state index contributed by atoms with van der Waals surface area (Å²) >= 11 is 5.52. The van der Waals surface area contributed by atoms with Crippen molar-refractivity contribution in [2.75, 3.05) is 19.8 Å². The number of carbonyl (C=O) groups excluding carboxylic acids is 1. The van der Waals surface area contributed by atoms with E-state index in [-0.39, 0.29) is 19.1 Å². The van der Waals surface area contributed by atoms with E-state index >= 15 is 0 Å². The predicted molar refractivity (Wildman–Crippen MR) is 71.1 cm³/mol. The highest BCUT2D eigenvalue weighted by atomic mass is 35.5. The Hall–Kier alpha value is -1.68. The molecule has 1 N–H and O–H groups in total. The average molecular weight is 270 g/mol. The molecule has 1 aromatic carbocycles. The summed E-state index contributed by atoms with van der Waals surface area (Å²) < 4.78 is 10.6. The van der Waals surface area contributed by atoms with Crippen molar-refractivity contribution in [3.05, 3.63) is 35.9 Å². The molecular weight excluding hydrogens is 254 g/mol. The van der Waals surface area contributed by atoms with E-state index in [0.29, 0.717) is 17.4 Å². The van der Waals surface area contributed by atoms with Gasteiger partial charge in [0.25, 0.3) is 5.91 Å². The fourth-order valence-corrected chi connectivity index (χ4v) is 1.26. The molecule has 0 aromatic heterocycles. The molecule has 0 aliphatic rings. The van der Waals surface area contributed by atoms with Crippen molar-refractivity contribution in [3.8, 4) is 11.5 Å². The third kappa shape index (κ3) is 5.59. The number of nitrogens with one attached hydrogen (secondary N) is 1. The molecule has 0 bridgehead atoms. The topological polar surface area (TPSA) is 47.6 Å². The molecule has 5 heteroatoms. The van der Waals surface area contributed by atoms with Gasteiger partial charge in [-0.25, -0.2) is 0 Å². The van der Waals surface area contributed by atoms with Crippen LogP contribution in [0.2, 0.25) is 0 Å². The summed E-state index contributed by atoms with van der Waals surface area (Å²) in [6.45, 7) is 6.19. The Labute approximate surface area is 112 Å². The quantitative estimate of drug-likeness (QED) is 0.826. The van der Waals surface area contributed by atoms with Gasteiger partial charge in [0, 0.05) is 5.03 Å². The first kappa shape index (κ1) is 14.4. The van der Waals surface area contributed by atoms with E-state index in [1.807, 2.05) is 6.92 Å². The maximum absolute atomic E-state index is 11.3. The minimum Gasteiger partial charge on any atom is -0.494 e. The van der Waals surface area contributed by atoms with Crippen molar-refractivity contribution in [2.24, 2.45) is 0 Å². The van der Waals surface area contributed by atoms with Crippen LogP contribution < -0.4 is 14.8 Å². The van der Waals surface area contributed by atoms with Crippen LogP contribution in [0.15, 0.2) is 35.9 Å². The molecule has 0 saturated heterocycles. The maximum Gasteiger partial charge on any atom is 0.258 e. The summed E-state index contributed by atoms with van der Waals surface area (Å²) in [5, 5.41) is 2.94. The molecule has 0 spiro atoms. The summed E-state index contributed by atoms with van der Waals surface area (Å²) in [5.41, 5.74) is 0. The van der Waals surface area contributed by atoms with Crippen LogP contribution in [-0.4, -0.2) is 25.7 Å². The maximum atomic E-state index is 11.3. The molecular formula is C13H16ClNO3. The SMILES string of the molecule is C=C(Cl)CNC(=O)COc1ccc(OCC)cc1. The zero-order valence-electron chi connectivity index (χ0n) is 10.2. The highest BCUT2D eigenvalue weighted by molar-refractivity contribution is 6.29. The summed E-state index contributed by atoms with van der Waals surface area (Å²) in [5.74, 6) is 1.14. The second kappa shape index (κ2) is 7.61. The van der Waals surface area contributed by atoms with Crippen molar-refractivity contribution in [2.45, 2.75) is 6.92 Å². The number of benzene rings is 1. The third-order valence-corrected chi connectivity index (χ3v) is 2.12. The van der Waals surface area contributed by atoms with Crippen molar-refractivity contribution >= 4 is 17.5 Å². The first-order valence-corrected chi connectivity index (χ1v) is 5.95. The van der Waals surface area contributed by atoms with Gasteiger partial charge in [-0.05, 0) is 31.2 Å². The molecule has 0 atom stereocenters. The zero-order chi connectivity index (χ0) is 13.4. The van der Waals surface area contributed by atoms with Gasteiger partial charge in [-0.2, -0.15) is 0 Å². The molecule has 0 fully saturated rings. The normalized spacial score (nSPS) is 9.67. The number of carbonyl (C=O) groups is 1. The summed E-state index contributed by atoms with van der Waals surface area (Å²) in [6.07, 6.45) is 0. The lowest BCUT2D eigenvalue weighted by Crippen LogP contribution is -2.29. The van der Waals surface area contributed by atoms with Crippen LogP contribution in [0.25, 0.3) is 0 Å². The molecule has 0 unspecified atom stereocenters. The van der Waals surface area contributed by atoms with Gasteiger partial charge in [-0.15, -0.1) is 0 Å². The van der Waals surface area contributed by atoms with E-state index in [4.69, 9.17) is 21.1 Å². The highest BCUT2D eigenvalue weighted by Crippen LogP contribution is 2.17. The van der Waals surface area contributed by atoms with Gasteiger partial charge in [0.15, 0.2) is 6.61 Å². The first-order chi connectivity index (χ1) is 8.61. The lowest BCUT2D eigenvalue weighted by Gasteiger charge is -2.08. The van der Waals surface area contributed by atoms with Crippen LogP contribution in [0, 0.1) is 0 Å². The number of ether oxygens (including phenoxy) is 2. The van der Waals surface area contributed by atoms with E-state index in [2.05, 4.69) is 11.9 Å². The van der Waals surface area contributed by atoms with Gasteiger partial charge in [-0.1, -0.05) is 18.2 Å². The largest absolute Gasteiger partial charge is 0.494 e. The summed E-state index contributed by atoms with van der Waals surface area (Å²) in [6, 6.07) is 7.08. The van der Waals surface area contributed by atoms with Crippen LogP contribution in [0.3, 0.4) is 0 Å². The van der Waals surface area contributed by atoms with Crippen LogP contribution in [0.4, 0.5) is 0 Å². The lowest BCUT2D eigenvalue weighted by atomic mass is 10.3. The van der Waals surface area contributed by atoms with Crippen molar-refractivity contribution in [1.82, 2.24) is 5.32 Å². The average Bonchev–Trinajstić information content (AvgIpc) is 2.36. The van der Waals surface area contributed by atoms with Crippen molar-refractivity contribution < 1.29 is 14.3 Å². The Kier molecular flexibility index (Phi) is 6.08. The second-order valence-electron chi connectivity index (χ2n) is 3.49. The van der Waals surface area contributed by atoms with Gasteiger partial charge in [0.2, 0.25) is 0 Å². The number of halogens is 1. The summed E-state index contributed by atoms with van der Waals surface area (Å²) in [4.78, 5) is 11.3. The van der Waals surface area contributed by atoms with Gasteiger partial charge >= 0.3 is 0 Å². The molecule has 0 heterocycles. The monoisotopic (exact) mass is 269 g/mol. The number of rotatable bonds is 7. The predicted octanol–water partition coefficient (Wildman–Crippen LogP) is 2.33. The van der Waals surface area contributed by atoms with Crippen LogP contribution in [0.1, 0.15) is 6.92 Å². The smallest absolute Gasteiger partial charge is 0.258 e. The fourth-order valence-electron chi connectivity index (χ4n) is 1.19. The molecule has 1 rings (SSSR count). The standard InChI is InChI=1S/C13H16ClNO3/c1-3-17-11-4-6-12(7-5-11)18-9-13(16)15-8-10(2)14/h4-7H,2-3,8-9H2,1H3,(H,15,16). The molecule has 1 amide bonds. The Balaban J connectivity index is 2.34. The molecule has 0 aliphatic heterocycles. The van der Waals surface area contributed by atoms with E-state index < -0.39 is 0 Å². The Morgan fingerprint density at radius 2 is 1.83 bits per heavy atom. The zero-order valence-corrected chi connectivity index (χ0v) is 11.0. The minimum atomic E-state index is -0.245. The van der Waals surface area contributed by atoms with Gasteiger partial charge in [0.1, 0.15) is 11.5 Å². The molecule has 0 radical (unpaired) electrons. The minimum absolute atomic E-state index is 0.0574. The van der Waals surface area contributed by atoms with E-state index in [9.17, 15) is 4.79 Å². The highest BCUT2D eigenvalue weighted by Gasteiger charge is 2.02. The van der Waals surface area contributed by atoms with Gasteiger partial charge < -0.3 is 14.8 Å². The molecule has 18 heavy (non-hydrogen) atoms. The van der Waals surface area contributed by atoms with E-state index in [1.54, 1.807) is 24.3 Å². The molecule has 0 saturated carbocycles. The fraction of sp³-hybridized carbons (Fsp3) is 0.308. The Morgan fingerprint density at radius 1 is 1.28 bits per heavy atom. The number of hydrogen-bond acceptors (Lipinski definition) is 3. The molecule has 98 valence electrons. The molecule has 1 aromatic rings. The van der Waals surface area contributed by atoms with Gasteiger partial charge in [-0.3, -0.25) is 4.79 Å². The third-order valence-electron chi connectivity index (χ3n) is 1.98. The number of amides is 1. The molecule has 4 nitrogen and oxygen atoms in total. The van der Waals surface area contributed by atoms with Gasteiger partial charge in [0.05, 0.1) is 13.2 Å². The van der Waals surface area contributed by atoms with Crippen LogP contribution in [0.5, 0.6) is 11.5 Å². The van der Waals surface area contributed by atoms with Crippen LogP contribution >= 0.6 is 11.6 Å². The van der Waals surface area contributed by atoms with Crippen molar-refractivity contribution in [3.63, 3.8) is 0 Å². The summed E-state index contributed by atoms with van der Waals surface area (Å²) in [7, 11) is 0.